The van der Waals surface area contributed by atoms with Gasteiger partial charge in [0, 0.05) is 13.1 Å². The summed E-state index contributed by atoms with van der Waals surface area (Å²) in [4.78, 5) is 0. The van der Waals surface area contributed by atoms with Crippen molar-refractivity contribution in [3.8, 4) is 0 Å². The summed E-state index contributed by atoms with van der Waals surface area (Å²) in [6, 6.07) is 7.89. The van der Waals surface area contributed by atoms with Crippen molar-refractivity contribution < 1.29 is 8.42 Å². The maximum atomic E-state index is 11.9. The minimum atomic E-state index is -3.26. The summed E-state index contributed by atoms with van der Waals surface area (Å²) in [6.07, 6.45) is 0.907. The van der Waals surface area contributed by atoms with E-state index < -0.39 is 15.3 Å². The Hall–Kier alpha value is -0.910. The molecule has 1 unspecified atom stereocenters. The molecule has 0 spiro atoms. The van der Waals surface area contributed by atoms with Gasteiger partial charge in [0.2, 0.25) is 10.0 Å². The molecule has 0 radical (unpaired) electrons. The van der Waals surface area contributed by atoms with Gasteiger partial charge >= 0.3 is 0 Å². The second-order valence-corrected chi connectivity index (χ2v) is 6.54. The van der Waals surface area contributed by atoms with E-state index in [9.17, 15) is 8.42 Å². The molecule has 0 heterocycles. The summed E-state index contributed by atoms with van der Waals surface area (Å²) < 4.78 is 26.6. The maximum Gasteiger partial charge on any atom is 0.215 e. The van der Waals surface area contributed by atoms with Crippen LogP contribution in [0.25, 0.3) is 0 Å². The smallest absolute Gasteiger partial charge is 0.215 e. The fourth-order valence-electron chi connectivity index (χ4n) is 1.79. The van der Waals surface area contributed by atoms with Gasteiger partial charge in [0.05, 0.1) is 5.25 Å². The largest absolute Gasteiger partial charge is 0.318 e. The van der Waals surface area contributed by atoms with Crippen molar-refractivity contribution in [3.05, 3.63) is 35.4 Å². The lowest BCUT2D eigenvalue weighted by Gasteiger charge is -2.14. The molecule has 18 heavy (non-hydrogen) atoms. The van der Waals surface area contributed by atoms with E-state index in [-0.39, 0.29) is 0 Å². The molecule has 0 bridgehead atoms. The van der Waals surface area contributed by atoms with E-state index in [1.165, 1.54) is 5.56 Å². The number of hydrogen-bond donors (Lipinski definition) is 2. The van der Waals surface area contributed by atoms with Crippen LogP contribution in [0.15, 0.2) is 24.3 Å². The maximum absolute atomic E-state index is 11.9. The van der Waals surface area contributed by atoms with E-state index in [1.54, 1.807) is 14.0 Å². The summed E-state index contributed by atoms with van der Waals surface area (Å²) in [6.45, 7) is 4.58. The van der Waals surface area contributed by atoms with Gasteiger partial charge in [0.15, 0.2) is 0 Å². The third-order valence-corrected chi connectivity index (χ3v) is 4.76. The SMILES string of the molecule is CCc1ccccc1CNS(=O)(=O)C(C)CNC. The van der Waals surface area contributed by atoms with Crippen molar-refractivity contribution in [2.45, 2.75) is 32.1 Å². The molecule has 0 aliphatic rings. The quantitative estimate of drug-likeness (QED) is 0.784. The molecule has 1 rings (SSSR count). The first-order chi connectivity index (χ1) is 8.51. The first kappa shape index (κ1) is 15.1. The lowest BCUT2D eigenvalue weighted by atomic mass is 10.1. The minimum absolute atomic E-state index is 0.362. The molecule has 4 nitrogen and oxygen atoms in total. The number of hydrogen-bond acceptors (Lipinski definition) is 3. The molecule has 0 saturated carbocycles. The Balaban J connectivity index is 2.70. The highest BCUT2D eigenvalue weighted by molar-refractivity contribution is 7.90. The molecule has 1 aromatic rings. The van der Waals surface area contributed by atoms with E-state index in [0.29, 0.717) is 13.1 Å². The first-order valence-corrected chi connectivity index (χ1v) is 7.75. The van der Waals surface area contributed by atoms with Crippen LogP contribution in [-0.2, 0) is 23.0 Å². The molecule has 102 valence electrons. The van der Waals surface area contributed by atoms with Crippen molar-refractivity contribution in [1.82, 2.24) is 10.0 Å². The Morgan fingerprint density at radius 1 is 1.22 bits per heavy atom. The van der Waals surface area contributed by atoms with Gasteiger partial charge in [-0.15, -0.1) is 0 Å². The monoisotopic (exact) mass is 270 g/mol. The fourth-order valence-corrected chi connectivity index (χ4v) is 2.82. The third-order valence-electron chi connectivity index (χ3n) is 2.98. The predicted octanol–water partition coefficient (Wildman–Crippen LogP) is 1.28. The second kappa shape index (κ2) is 6.87. The van der Waals surface area contributed by atoms with Gasteiger partial charge in [0.25, 0.3) is 0 Å². The van der Waals surface area contributed by atoms with Crippen LogP contribution in [0.5, 0.6) is 0 Å². The highest BCUT2D eigenvalue weighted by Gasteiger charge is 2.19. The van der Waals surface area contributed by atoms with E-state index >= 15 is 0 Å². The average Bonchev–Trinajstić information content (AvgIpc) is 2.37. The van der Waals surface area contributed by atoms with Crippen molar-refractivity contribution in [3.63, 3.8) is 0 Å². The Bertz CT molecular complexity index is 472. The zero-order chi connectivity index (χ0) is 13.6. The van der Waals surface area contributed by atoms with Crippen molar-refractivity contribution in [2.24, 2.45) is 0 Å². The molecule has 1 atom stereocenters. The first-order valence-electron chi connectivity index (χ1n) is 6.21. The Kier molecular flexibility index (Phi) is 5.78. The molecule has 1 aromatic carbocycles. The molecule has 2 N–H and O–H groups in total. The number of benzene rings is 1. The van der Waals surface area contributed by atoms with Gasteiger partial charge in [-0.3, -0.25) is 0 Å². The van der Waals surface area contributed by atoms with Gasteiger partial charge in [-0.2, -0.15) is 0 Å². The fraction of sp³-hybridized carbons (Fsp3) is 0.538. The molecular formula is C13H22N2O2S. The van der Waals surface area contributed by atoms with Gasteiger partial charge in [-0.1, -0.05) is 31.2 Å². The highest BCUT2D eigenvalue weighted by atomic mass is 32.2. The average molecular weight is 270 g/mol. The molecule has 0 fully saturated rings. The topological polar surface area (TPSA) is 58.2 Å². The molecule has 0 aromatic heterocycles. The zero-order valence-corrected chi connectivity index (χ0v) is 12.0. The van der Waals surface area contributed by atoms with Crippen LogP contribution in [0.3, 0.4) is 0 Å². The molecule has 0 aliphatic heterocycles. The molecule has 0 saturated heterocycles. The number of rotatable bonds is 7. The molecular weight excluding hydrogens is 248 g/mol. The van der Waals surface area contributed by atoms with Crippen LogP contribution in [0.4, 0.5) is 0 Å². The van der Waals surface area contributed by atoms with Crippen molar-refractivity contribution in [2.75, 3.05) is 13.6 Å². The predicted molar refractivity (Wildman–Crippen MR) is 75.0 cm³/mol. The number of sulfonamides is 1. The second-order valence-electron chi connectivity index (χ2n) is 4.36. The van der Waals surface area contributed by atoms with Crippen LogP contribution in [0.2, 0.25) is 0 Å². The normalized spacial score (nSPS) is 13.5. The van der Waals surface area contributed by atoms with Gasteiger partial charge < -0.3 is 5.32 Å². The lowest BCUT2D eigenvalue weighted by molar-refractivity contribution is 0.563. The highest BCUT2D eigenvalue weighted by Crippen LogP contribution is 2.10. The van der Waals surface area contributed by atoms with Gasteiger partial charge in [-0.25, -0.2) is 13.1 Å². The Labute approximate surface area is 110 Å². The van der Waals surface area contributed by atoms with Crippen LogP contribution in [0.1, 0.15) is 25.0 Å². The lowest BCUT2D eigenvalue weighted by Crippen LogP contribution is -2.37. The van der Waals surface area contributed by atoms with E-state index in [0.717, 1.165) is 12.0 Å². The summed E-state index contributed by atoms with van der Waals surface area (Å²) in [5, 5.41) is 2.44. The summed E-state index contributed by atoms with van der Waals surface area (Å²) >= 11 is 0. The summed E-state index contributed by atoms with van der Waals surface area (Å²) in [7, 11) is -1.51. The van der Waals surface area contributed by atoms with Crippen LogP contribution >= 0.6 is 0 Å². The third kappa shape index (κ3) is 4.08. The minimum Gasteiger partial charge on any atom is -0.318 e. The van der Waals surface area contributed by atoms with Gasteiger partial charge in [-0.05, 0) is 31.5 Å². The zero-order valence-electron chi connectivity index (χ0n) is 11.2. The van der Waals surface area contributed by atoms with E-state index in [1.807, 2.05) is 24.3 Å². The number of aryl methyl sites for hydroxylation is 1. The summed E-state index contributed by atoms with van der Waals surface area (Å²) in [5.74, 6) is 0. The van der Waals surface area contributed by atoms with Crippen molar-refractivity contribution >= 4 is 10.0 Å². The molecule has 5 heteroatoms. The molecule has 0 amide bonds. The number of nitrogens with one attached hydrogen (secondary N) is 2. The van der Waals surface area contributed by atoms with E-state index in [4.69, 9.17) is 0 Å². The summed E-state index contributed by atoms with van der Waals surface area (Å²) in [5.41, 5.74) is 2.22. The van der Waals surface area contributed by atoms with E-state index in [2.05, 4.69) is 17.0 Å². The Morgan fingerprint density at radius 3 is 2.39 bits per heavy atom. The Morgan fingerprint density at radius 2 is 1.83 bits per heavy atom. The molecule has 0 aliphatic carbocycles. The van der Waals surface area contributed by atoms with Crippen molar-refractivity contribution in [1.29, 1.82) is 0 Å². The standard InChI is InChI=1S/C13H22N2O2S/c1-4-12-7-5-6-8-13(12)10-15-18(16,17)11(2)9-14-3/h5-8,11,14-15H,4,9-10H2,1-3H3. The van der Waals surface area contributed by atoms with Crippen LogP contribution in [-0.4, -0.2) is 27.3 Å². The van der Waals surface area contributed by atoms with Crippen LogP contribution in [0, 0.1) is 0 Å². The van der Waals surface area contributed by atoms with Gasteiger partial charge in [0.1, 0.15) is 0 Å². The van der Waals surface area contributed by atoms with Crippen LogP contribution < -0.4 is 10.0 Å².